The predicted octanol–water partition coefficient (Wildman–Crippen LogP) is 4.32. The smallest absolute Gasteiger partial charge is 0.234 e. The summed E-state index contributed by atoms with van der Waals surface area (Å²) in [7, 11) is 1.61. The Balaban J connectivity index is 1.57. The van der Waals surface area contributed by atoms with Gasteiger partial charge in [0.2, 0.25) is 5.91 Å². The van der Waals surface area contributed by atoms with Crippen LogP contribution in [0, 0.1) is 6.92 Å². The van der Waals surface area contributed by atoms with Crippen molar-refractivity contribution in [1.29, 1.82) is 0 Å². The molecule has 0 aliphatic carbocycles. The number of carbonyl (C=O) groups is 1. The van der Waals surface area contributed by atoms with Crippen LogP contribution in [-0.4, -0.2) is 40.1 Å². The number of ether oxygens (including phenoxy) is 3. The first-order chi connectivity index (χ1) is 15.5. The molecule has 0 atom stereocenters. The van der Waals surface area contributed by atoms with E-state index in [4.69, 9.17) is 14.2 Å². The van der Waals surface area contributed by atoms with Crippen molar-refractivity contribution >= 4 is 23.4 Å². The fourth-order valence-electron chi connectivity index (χ4n) is 3.01. The van der Waals surface area contributed by atoms with Crippen LogP contribution in [0.3, 0.4) is 0 Å². The lowest BCUT2D eigenvalue weighted by Gasteiger charge is -2.12. The third-order valence-electron chi connectivity index (χ3n) is 4.57. The first kappa shape index (κ1) is 23.5. The van der Waals surface area contributed by atoms with Gasteiger partial charge in [-0.15, -0.1) is 10.2 Å². The van der Waals surface area contributed by atoms with Crippen molar-refractivity contribution in [1.82, 2.24) is 14.8 Å². The standard InChI is InChI=1S/C23H28N4O4S/c1-5-27-21(14-31-19-12-7-16(3)13-20(19)29-4)25-26-23(27)32-15-22(28)24-17-8-10-18(11-9-17)30-6-2/h7-13H,5-6,14-15H2,1-4H3,(H,24,28). The molecule has 0 aliphatic heterocycles. The predicted molar refractivity (Wildman–Crippen MR) is 125 cm³/mol. The zero-order chi connectivity index (χ0) is 22.9. The summed E-state index contributed by atoms with van der Waals surface area (Å²) < 4.78 is 18.6. The van der Waals surface area contributed by atoms with Crippen LogP contribution in [0.5, 0.6) is 17.2 Å². The van der Waals surface area contributed by atoms with Gasteiger partial charge in [-0.05, 0) is 62.7 Å². The Morgan fingerprint density at radius 1 is 1.06 bits per heavy atom. The Morgan fingerprint density at radius 3 is 2.53 bits per heavy atom. The molecule has 0 fully saturated rings. The number of benzene rings is 2. The van der Waals surface area contributed by atoms with Crippen LogP contribution >= 0.6 is 11.8 Å². The van der Waals surface area contributed by atoms with Crippen LogP contribution in [0.25, 0.3) is 0 Å². The van der Waals surface area contributed by atoms with Gasteiger partial charge in [0.25, 0.3) is 0 Å². The number of anilines is 1. The monoisotopic (exact) mass is 456 g/mol. The van der Waals surface area contributed by atoms with Crippen molar-refractivity contribution in [3.05, 3.63) is 53.9 Å². The van der Waals surface area contributed by atoms with Gasteiger partial charge in [0, 0.05) is 12.2 Å². The Kier molecular flexibility index (Phi) is 8.38. The second kappa shape index (κ2) is 11.4. The molecule has 32 heavy (non-hydrogen) atoms. The van der Waals surface area contributed by atoms with Gasteiger partial charge >= 0.3 is 0 Å². The van der Waals surface area contributed by atoms with Crippen molar-refractivity contribution < 1.29 is 19.0 Å². The van der Waals surface area contributed by atoms with E-state index in [1.54, 1.807) is 7.11 Å². The lowest BCUT2D eigenvalue weighted by molar-refractivity contribution is -0.113. The molecule has 1 aromatic heterocycles. The molecule has 0 spiro atoms. The number of nitrogens with one attached hydrogen (secondary N) is 1. The second-order valence-electron chi connectivity index (χ2n) is 6.88. The van der Waals surface area contributed by atoms with Gasteiger partial charge < -0.3 is 24.1 Å². The molecule has 0 bridgehead atoms. The molecule has 0 saturated heterocycles. The van der Waals surface area contributed by atoms with Gasteiger partial charge in [-0.3, -0.25) is 4.79 Å². The third-order valence-corrected chi connectivity index (χ3v) is 5.53. The van der Waals surface area contributed by atoms with Gasteiger partial charge in [0.15, 0.2) is 22.5 Å². The average Bonchev–Trinajstić information content (AvgIpc) is 3.20. The fraction of sp³-hybridized carbons (Fsp3) is 0.348. The molecule has 1 amide bonds. The van der Waals surface area contributed by atoms with Crippen LogP contribution < -0.4 is 19.5 Å². The number of aromatic nitrogens is 3. The zero-order valence-electron chi connectivity index (χ0n) is 18.8. The molecule has 1 heterocycles. The van der Waals surface area contributed by atoms with Crippen LogP contribution in [0.1, 0.15) is 25.2 Å². The molecular formula is C23H28N4O4S. The largest absolute Gasteiger partial charge is 0.494 e. The van der Waals surface area contributed by atoms with Crippen molar-refractivity contribution in [3.63, 3.8) is 0 Å². The molecule has 3 rings (SSSR count). The Hall–Kier alpha value is -3.20. The van der Waals surface area contributed by atoms with E-state index in [-0.39, 0.29) is 18.3 Å². The fourth-order valence-corrected chi connectivity index (χ4v) is 3.84. The van der Waals surface area contributed by atoms with Crippen LogP contribution in [0.2, 0.25) is 0 Å². The summed E-state index contributed by atoms with van der Waals surface area (Å²) in [4.78, 5) is 12.4. The van der Waals surface area contributed by atoms with Crippen molar-refractivity contribution in [3.8, 4) is 17.2 Å². The molecule has 0 saturated carbocycles. The first-order valence-electron chi connectivity index (χ1n) is 10.4. The summed E-state index contributed by atoms with van der Waals surface area (Å²) in [5.41, 5.74) is 1.81. The summed E-state index contributed by atoms with van der Waals surface area (Å²) >= 11 is 1.33. The van der Waals surface area contributed by atoms with E-state index in [0.717, 1.165) is 17.0 Å². The maximum Gasteiger partial charge on any atom is 0.234 e. The Labute approximate surface area is 192 Å². The number of carbonyl (C=O) groups excluding carboxylic acids is 1. The number of hydrogen-bond acceptors (Lipinski definition) is 7. The average molecular weight is 457 g/mol. The normalized spacial score (nSPS) is 10.6. The minimum Gasteiger partial charge on any atom is -0.494 e. The van der Waals surface area contributed by atoms with Crippen LogP contribution in [0.15, 0.2) is 47.6 Å². The summed E-state index contributed by atoms with van der Waals surface area (Å²) in [5, 5.41) is 12.0. The zero-order valence-corrected chi connectivity index (χ0v) is 19.6. The van der Waals surface area contributed by atoms with Crippen molar-refractivity contribution in [2.45, 2.75) is 39.1 Å². The highest BCUT2D eigenvalue weighted by Crippen LogP contribution is 2.28. The first-order valence-corrected chi connectivity index (χ1v) is 11.4. The van der Waals surface area contributed by atoms with Gasteiger partial charge in [-0.25, -0.2) is 0 Å². The molecule has 170 valence electrons. The highest BCUT2D eigenvalue weighted by Gasteiger charge is 2.15. The highest BCUT2D eigenvalue weighted by molar-refractivity contribution is 7.99. The number of amides is 1. The summed E-state index contributed by atoms with van der Waals surface area (Å²) in [6.07, 6.45) is 0. The molecule has 0 unspecified atom stereocenters. The molecule has 2 aromatic carbocycles. The summed E-state index contributed by atoms with van der Waals surface area (Å²) in [6.45, 7) is 7.45. The molecule has 9 heteroatoms. The highest BCUT2D eigenvalue weighted by atomic mass is 32.2. The number of nitrogens with zero attached hydrogens (tertiary/aromatic N) is 3. The molecule has 3 aromatic rings. The van der Waals surface area contributed by atoms with Crippen molar-refractivity contribution in [2.24, 2.45) is 0 Å². The van der Waals surface area contributed by atoms with E-state index in [1.807, 2.05) is 67.8 Å². The molecular weight excluding hydrogens is 428 g/mol. The van der Waals surface area contributed by atoms with Crippen LogP contribution in [-0.2, 0) is 17.9 Å². The van der Waals surface area contributed by atoms with E-state index < -0.39 is 0 Å². The number of hydrogen-bond donors (Lipinski definition) is 1. The Morgan fingerprint density at radius 2 is 1.84 bits per heavy atom. The van der Waals surface area contributed by atoms with E-state index >= 15 is 0 Å². The molecule has 8 nitrogen and oxygen atoms in total. The van der Waals surface area contributed by atoms with E-state index in [1.165, 1.54) is 11.8 Å². The second-order valence-corrected chi connectivity index (χ2v) is 7.82. The van der Waals surface area contributed by atoms with Gasteiger partial charge in [0.05, 0.1) is 19.5 Å². The van der Waals surface area contributed by atoms with Gasteiger partial charge in [-0.1, -0.05) is 17.8 Å². The molecule has 0 radical (unpaired) electrons. The van der Waals surface area contributed by atoms with Gasteiger partial charge in [0.1, 0.15) is 12.4 Å². The topological polar surface area (TPSA) is 87.5 Å². The molecule has 1 N–H and O–H groups in total. The number of methoxy groups -OCH3 is 1. The summed E-state index contributed by atoms with van der Waals surface area (Å²) in [5.74, 6) is 2.88. The lowest BCUT2D eigenvalue weighted by Crippen LogP contribution is -2.15. The quantitative estimate of drug-likeness (QED) is 0.430. The van der Waals surface area contributed by atoms with Crippen molar-refractivity contribution in [2.75, 3.05) is 24.8 Å². The minimum absolute atomic E-state index is 0.119. The van der Waals surface area contributed by atoms with E-state index in [2.05, 4.69) is 15.5 Å². The van der Waals surface area contributed by atoms with Crippen LogP contribution in [0.4, 0.5) is 5.69 Å². The molecule has 0 aliphatic rings. The van der Waals surface area contributed by atoms with E-state index in [9.17, 15) is 4.79 Å². The summed E-state index contributed by atoms with van der Waals surface area (Å²) in [6, 6.07) is 13.1. The maximum absolute atomic E-state index is 12.4. The Bertz CT molecular complexity index is 1040. The SMILES string of the molecule is CCOc1ccc(NC(=O)CSc2nnc(COc3ccc(C)cc3OC)n2CC)cc1. The number of aryl methyl sites for hydroxylation is 1. The number of rotatable bonds is 11. The van der Waals surface area contributed by atoms with Gasteiger partial charge in [-0.2, -0.15) is 0 Å². The number of thioether (sulfide) groups is 1. The lowest BCUT2D eigenvalue weighted by atomic mass is 10.2. The van der Waals surface area contributed by atoms with E-state index in [0.29, 0.717) is 35.6 Å². The minimum atomic E-state index is -0.119. The maximum atomic E-state index is 12.4. The third kappa shape index (κ3) is 6.16.